The summed E-state index contributed by atoms with van der Waals surface area (Å²) < 4.78 is 5.22. The number of fused-ring (bicyclic) bond motifs is 1. The number of aryl methyl sites for hydroxylation is 1. The number of hydrogen-bond donors (Lipinski definition) is 2. The molecular formula is C20H20N6O3S. The number of aromatic nitrogens is 5. The number of amides is 1. The number of rotatable bonds is 7. The highest BCUT2D eigenvalue weighted by atomic mass is 32.1. The molecule has 2 N–H and O–H groups in total. The summed E-state index contributed by atoms with van der Waals surface area (Å²) in [5, 5.41) is 16.9. The van der Waals surface area contributed by atoms with E-state index in [9.17, 15) is 9.59 Å². The van der Waals surface area contributed by atoms with Crippen molar-refractivity contribution >= 4 is 33.3 Å². The van der Waals surface area contributed by atoms with Gasteiger partial charge in [-0.1, -0.05) is 48.5 Å². The molecule has 3 heterocycles. The predicted octanol–water partition coefficient (Wildman–Crippen LogP) is 3.20. The van der Waals surface area contributed by atoms with Crippen LogP contribution in [0.5, 0.6) is 0 Å². The van der Waals surface area contributed by atoms with Crippen molar-refractivity contribution in [2.24, 2.45) is 5.92 Å². The Morgan fingerprint density at radius 3 is 2.93 bits per heavy atom. The second kappa shape index (κ2) is 8.54. The number of benzene rings is 1. The maximum atomic E-state index is 12.3. The van der Waals surface area contributed by atoms with Crippen molar-refractivity contribution in [2.75, 3.05) is 5.32 Å². The van der Waals surface area contributed by atoms with E-state index in [2.05, 4.69) is 44.5 Å². The molecule has 0 aliphatic rings. The SMILES string of the molecule is CC(C)Cc1nnc(NC(=O)CCc2nc(-c3cc4ccccc4[nH]c3=O)no2)s1. The van der Waals surface area contributed by atoms with Gasteiger partial charge >= 0.3 is 0 Å². The molecule has 0 saturated heterocycles. The maximum Gasteiger partial charge on any atom is 0.259 e. The summed E-state index contributed by atoms with van der Waals surface area (Å²) >= 11 is 1.37. The van der Waals surface area contributed by atoms with Crippen LogP contribution in [0.15, 0.2) is 39.6 Å². The number of aromatic amines is 1. The van der Waals surface area contributed by atoms with E-state index in [1.54, 1.807) is 6.07 Å². The molecule has 0 fully saturated rings. The van der Waals surface area contributed by atoms with Gasteiger partial charge in [-0.05, 0) is 23.4 Å². The lowest BCUT2D eigenvalue weighted by Crippen LogP contribution is -2.12. The van der Waals surface area contributed by atoms with Crippen molar-refractivity contribution in [3.05, 3.63) is 51.6 Å². The average molecular weight is 424 g/mol. The van der Waals surface area contributed by atoms with Gasteiger partial charge in [0.2, 0.25) is 22.8 Å². The van der Waals surface area contributed by atoms with Crippen molar-refractivity contribution in [1.29, 1.82) is 0 Å². The van der Waals surface area contributed by atoms with Crippen molar-refractivity contribution in [2.45, 2.75) is 33.1 Å². The highest BCUT2D eigenvalue weighted by molar-refractivity contribution is 7.15. The average Bonchev–Trinajstić information content (AvgIpc) is 3.35. The molecule has 3 aromatic heterocycles. The van der Waals surface area contributed by atoms with E-state index in [0.29, 0.717) is 16.6 Å². The molecule has 0 spiro atoms. The van der Waals surface area contributed by atoms with E-state index in [-0.39, 0.29) is 36.0 Å². The molecule has 4 aromatic rings. The molecule has 0 aliphatic heterocycles. The number of H-pyrrole nitrogens is 1. The third kappa shape index (κ3) is 4.60. The largest absolute Gasteiger partial charge is 0.339 e. The number of pyridine rings is 1. The minimum absolute atomic E-state index is 0.148. The Kier molecular flexibility index (Phi) is 5.66. The van der Waals surface area contributed by atoms with Gasteiger partial charge in [0.25, 0.3) is 5.56 Å². The zero-order valence-corrected chi connectivity index (χ0v) is 17.3. The second-order valence-corrected chi connectivity index (χ2v) is 8.32. The van der Waals surface area contributed by atoms with Crippen LogP contribution in [0, 0.1) is 5.92 Å². The normalized spacial score (nSPS) is 11.3. The third-order valence-electron chi connectivity index (χ3n) is 4.32. The fourth-order valence-corrected chi connectivity index (χ4v) is 3.89. The molecule has 154 valence electrons. The summed E-state index contributed by atoms with van der Waals surface area (Å²) in [5.74, 6) is 0.735. The fraction of sp³-hybridized carbons (Fsp3) is 0.300. The summed E-state index contributed by atoms with van der Waals surface area (Å²) in [6.45, 7) is 4.20. The monoisotopic (exact) mass is 424 g/mol. The highest BCUT2D eigenvalue weighted by Gasteiger charge is 2.15. The first-order valence-electron chi connectivity index (χ1n) is 9.55. The van der Waals surface area contributed by atoms with Crippen LogP contribution in [0.4, 0.5) is 5.13 Å². The van der Waals surface area contributed by atoms with Crippen LogP contribution in [0.3, 0.4) is 0 Å². The van der Waals surface area contributed by atoms with E-state index < -0.39 is 0 Å². The lowest BCUT2D eigenvalue weighted by molar-refractivity contribution is -0.116. The van der Waals surface area contributed by atoms with E-state index in [1.165, 1.54) is 11.3 Å². The molecule has 9 nitrogen and oxygen atoms in total. The Balaban J connectivity index is 1.39. The lowest BCUT2D eigenvalue weighted by Gasteiger charge is -1.99. The summed E-state index contributed by atoms with van der Waals surface area (Å²) in [6.07, 6.45) is 1.23. The van der Waals surface area contributed by atoms with Gasteiger partial charge in [-0.3, -0.25) is 9.59 Å². The zero-order chi connectivity index (χ0) is 21.1. The molecule has 4 rings (SSSR count). The molecule has 0 atom stereocenters. The number of carbonyl (C=O) groups excluding carboxylic acids is 1. The van der Waals surface area contributed by atoms with Crippen LogP contribution in [0.25, 0.3) is 22.3 Å². The quantitative estimate of drug-likeness (QED) is 0.466. The summed E-state index contributed by atoms with van der Waals surface area (Å²) in [7, 11) is 0. The maximum absolute atomic E-state index is 12.3. The molecule has 0 saturated carbocycles. The predicted molar refractivity (Wildman–Crippen MR) is 113 cm³/mol. The zero-order valence-electron chi connectivity index (χ0n) is 16.5. The van der Waals surface area contributed by atoms with E-state index in [4.69, 9.17) is 4.52 Å². The van der Waals surface area contributed by atoms with Gasteiger partial charge in [0.1, 0.15) is 5.01 Å². The molecule has 30 heavy (non-hydrogen) atoms. The number of nitrogens with one attached hydrogen (secondary N) is 2. The first-order chi connectivity index (χ1) is 14.5. The third-order valence-corrected chi connectivity index (χ3v) is 5.19. The Bertz CT molecular complexity index is 1240. The minimum atomic E-state index is -0.299. The van der Waals surface area contributed by atoms with Crippen molar-refractivity contribution in [1.82, 2.24) is 25.3 Å². The molecule has 0 unspecified atom stereocenters. The second-order valence-electron chi connectivity index (χ2n) is 7.26. The van der Waals surface area contributed by atoms with Crippen LogP contribution in [0.1, 0.15) is 31.2 Å². The molecule has 1 amide bonds. The Morgan fingerprint density at radius 1 is 1.27 bits per heavy atom. The van der Waals surface area contributed by atoms with Crippen LogP contribution < -0.4 is 10.9 Å². The van der Waals surface area contributed by atoms with Gasteiger partial charge in [0.05, 0.1) is 5.56 Å². The molecule has 0 radical (unpaired) electrons. The summed E-state index contributed by atoms with van der Waals surface area (Å²) in [6, 6.07) is 9.17. The standard InChI is InChI=1S/C20H20N6O3S/c1-11(2)9-17-24-25-20(30-17)22-15(27)7-8-16-23-18(26-29-16)13-10-12-5-3-4-6-14(12)21-19(13)28/h3-6,10-11H,7-9H2,1-2H3,(H,21,28)(H,22,25,27). The first-order valence-corrected chi connectivity index (χ1v) is 10.4. The Labute approximate surface area is 175 Å². The van der Waals surface area contributed by atoms with Gasteiger partial charge in [0, 0.05) is 24.8 Å². The first kappa shape index (κ1) is 19.9. The van der Waals surface area contributed by atoms with Crippen molar-refractivity contribution in [3.63, 3.8) is 0 Å². The lowest BCUT2D eigenvalue weighted by atomic mass is 10.1. The van der Waals surface area contributed by atoms with Crippen LogP contribution in [0.2, 0.25) is 0 Å². The van der Waals surface area contributed by atoms with Gasteiger partial charge in [-0.25, -0.2) is 0 Å². The smallest absolute Gasteiger partial charge is 0.259 e. The van der Waals surface area contributed by atoms with Gasteiger partial charge in [-0.15, -0.1) is 10.2 Å². The molecule has 0 aliphatic carbocycles. The van der Waals surface area contributed by atoms with Gasteiger partial charge < -0.3 is 14.8 Å². The highest BCUT2D eigenvalue weighted by Crippen LogP contribution is 2.19. The van der Waals surface area contributed by atoms with Crippen molar-refractivity contribution < 1.29 is 9.32 Å². The number of carbonyl (C=O) groups is 1. The minimum Gasteiger partial charge on any atom is -0.339 e. The number of anilines is 1. The number of nitrogens with zero attached hydrogens (tertiary/aromatic N) is 4. The molecule has 10 heteroatoms. The van der Waals surface area contributed by atoms with E-state index in [0.717, 1.165) is 22.3 Å². The Hall–Kier alpha value is -3.40. The number of para-hydroxylation sites is 1. The van der Waals surface area contributed by atoms with E-state index in [1.807, 2.05) is 24.3 Å². The van der Waals surface area contributed by atoms with Gasteiger partial charge in [-0.2, -0.15) is 4.98 Å². The molecular weight excluding hydrogens is 404 g/mol. The molecule has 1 aromatic carbocycles. The van der Waals surface area contributed by atoms with E-state index >= 15 is 0 Å². The Morgan fingerprint density at radius 2 is 2.10 bits per heavy atom. The summed E-state index contributed by atoms with van der Waals surface area (Å²) in [4.78, 5) is 31.6. The summed E-state index contributed by atoms with van der Waals surface area (Å²) in [5.41, 5.74) is 0.756. The van der Waals surface area contributed by atoms with Crippen LogP contribution in [-0.4, -0.2) is 31.2 Å². The van der Waals surface area contributed by atoms with Crippen molar-refractivity contribution in [3.8, 4) is 11.4 Å². The molecule has 0 bridgehead atoms. The topological polar surface area (TPSA) is 127 Å². The number of hydrogen-bond acceptors (Lipinski definition) is 8. The van der Waals surface area contributed by atoms with Gasteiger partial charge in [0.15, 0.2) is 0 Å². The fourth-order valence-electron chi connectivity index (χ4n) is 2.92. The van der Waals surface area contributed by atoms with Crippen LogP contribution in [-0.2, 0) is 17.6 Å². The van der Waals surface area contributed by atoms with Crippen LogP contribution >= 0.6 is 11.3 Å².